The second kappa shape index (κ2) is 15.1. The van der Waals surface area contributed by atoms with E-state index in [1.807, 2.05) is 16.8 Å². The third-order valence-corrected chi connectivity index (χ3v) is 8.17. The Kier molecular flexibility index (Phi) is 11.6. The van der Waals surface area contributed by atoms with E-state index in [0.29, 0.717) is 35.2 Å². The van der Waals surface area contributed by atoms with Gasteiger partial charge < -0.3 is 24.2 Å². The van der Waals surface area contributed by atoms with E-state index in [1.165, 1.54) is 5.69 Å². The van der Waals surface area contributed by atoms with Crippen molar-refractivity contribution in [2.24, 2.45) is 0 Å². The molecule has 0 bridgehead atoms. The lowest BCUT2D eigenvalue weighted by atomic mass is 9.87. The van der Waals surface area contributed by atoms with E-state index in [2.05, 4.69) is 58.0 Å². The van der Waals surface area contributed by atoms with Gasteiger partial charge in [0.2, 0.25) is 0 Å². The van der Waals surface area contributed by atoms with Crippen LogP contribution in [0.3, 0.4) is 0 Å². The molecular formula is C31H43Cl2N5O2. The standard InChI is InChI=1S/C31H43Cl2N5O2/c1-35(2)16-17-36-18-20-38(21-19-36)27-8-10-28(11-9-27)40-22-6-4-3-5-13-31(39,24-37-15-14-34-25-37)29-12-7-26(32)23-30(29)33/h7-12,14-15,23,25,39H,3-6,13,16-22,24H2,1-2H3. The zero-order valence-electron chi connectivity index (χ0n) is 23.8. The first-order valence-corrected chi connectivity index (χ1v) is 15.1. The van der Waals surface area contributed by atoms with Gasteiger partial charge in [0.05, 0.1) is 19.5 Å². The lowest BCUT2D eigenvalue weighted by molar-refractivity contribution is 0.00712. The van der Waals surface area contributed by atoms with Crippen molar-refractivity contribution >= 4 is 28.9 Å². The van der Waals surface area contributed by atoms with Crippen LogP contribution in [-0.4, -0.2) is 84.4 Å². The van der Waals surface area contributed by atoms with Crippen LogP contribution in [0.15, 0.2) is 61.2 Å². The molecule has 40 heavy (non-hydrogen) atoms. The molecule has 0 amide bonds. The minimum absolute atomic E-state index is 0.388. The zero-order chi connectivity index (χ0) is 28.4. The van der Waals surface area contributed by atoms with Crippen molar-refractivity contribution in [1.82, 2.24) is 19.4 Å². The number of rotatable bonds is 15. The van der Waals surface area contributed by atoms with E-state index in [9.17, 15) is 5.11 Å². The van der Waals surface area contributed by atoms with Crippen LogP contribution < -0.4 is 9.64 Å². The smallest absolute Gasteiger partial charge is 0.119 e. The molecule has 1 saturated heterocycles. The summed E-state index contributed by atoms with van der Waals surface area (Å²) < 4.78 is 7.90. The number of aromatic nitrogens is 2. The van der Waals surface area contributed by atoms with Gasteiger partial charge >= 0.3 is 0 Å². The number of hydrogen-bond donors (Lipinski definition) is 1. The molecule has 0 spiro atoms. The minimum Gasteiger partial charge on any atom is -0.494 e. The number of nitrogens with zero attached hydrogens (tertiary/aromatic N) is 5. The molecule has 4 rings (SSSR count). The molecule has 2 heterocycles. The number of likely N-dealkylation sites (N-methyl/N-ethyl adjacent to an activating group) is 1. The molecule has 7 nitrogen and oxygen atoms in total. The Morgan fingerprint density at radius 3 is 2.40 bits per heavy atom. The number of anilines is 1. The lowest BCUT2D eigenvalue weighted by Crippen LogP contribution is -2.48. The van der Waals surface area contributed by atoms with Crippen molar-refractivity contribution < 1.29 is 9.84 Å². The summed E-state index contributed by atoms with van der Waals surface area (Å²) in [6.45, 7) is 7.67. The van der Waals surface area contributed by atoms with Gasteiger partial charge in [-0.2, -0.15) is 0 Å². The fourth-order valence-corrected chi connectivity index (χ4v) is 5.82. The maximum atomic E-state index is 11.6. The van der Waals surface area contributed by atoms with Crippen molar-refractivity contribution in [1.29, 1.82) is 0 Å². The van der Waals surface area contributed by atoms with Gasteiger partial charge in [0.15, 0.2) is 0 Å². The van der Waals surface area contributed by atoms with Crippen LogP contribution in [0.2, 0.25) is 10.0 Å². The summed E-state index contributed by atoms with van der Waals surface area (Å²) >= 11 is 12.6. The largest absolute Gasteiger partial charge is 0.494 e. The Labute approximate surface area is 249 Å². The van der Waals surface area contributed by atoms with Gasteiger partial charge in [0.25, 0.3) is 0 Å². The summed E-state index contributed by atoms with van der Waals surface area (Å²) in [4.78, 5) is 11.4. The predicted octanol–water partition coefficient (Wildman–Crippen LogP) is 5.79. The fraction of sp³-hybridized carbons (Fsp3) is 0.516. The second-order valence-electron chi connectivity index (χ2n) is 11.0. The van der Waals surface area contributed by atoms with E-state index >= 15 is 0 Å². The maximum absolute atomic E-state index is 11.6. The highest BCUT2D eigenvalue weighted by Gasteiger charge is 2.31. The molecule has 1 atom stereocenters. The SMILES string of the molecule is CN(C)CCN1CCN(c2ccc(OCCCCCCC(O)(Cn3ccnc3)c3ccc(Cl)cc3Cl)cc2)CC1. The summed E-state index contributed by atoms with van der Waals surface area (Å²) in [5.74, 6) is 0.917. The number of unbranched alkanes of at least 4 members (excludes halogenated alkanes) is 3. The average molecular weight is 589 g/mol. The number of halogens is 2. The number of ether oxygens (including phenoxy) is 1. The Bertz CT molecular complexity index is 1150. The van der Waals surface area contributed by atoms with Gasteiger partial charge in [-0.05, 0) is 63.3 Å². The van der Waals surface area contributed by atoms with E-state index in [-0.39, 0.29) is 0 Å². The maximum Gasteiger partial charge on any atom is 0.119 e. The molecule has 0 aliphatic carbocycles. The zero-order valence-corrected chi connectivity index (χ0v) is 25.3. The van der Waals surface area contributed by atoms with E-state index in [1.54, 1.807) is 24.7 Å². The molecule has 0 radical (unpaired) electrons. The van der Waals surface area contributed by atoms with Gasteiger partial charge in [-0.25, -0.2) is 4.98 Å². The van der Waals surface area contributed by atoms with E-state index in [4.69, 9.17) is 27.9 Å². The molecule has 218 valence electrons. The first-order valence-electron chi connectivity index (χ1n) is 14.3. The molecule has 1 fully saturated rings. The molecule has 1 aromatic heterocycles. The highest BCUT2D eigenvalue weighted by atomic mass is 35.5. The summed E-state index contributed by atoms with van der Waals surface area (Å²) in [5, 5.41) is 12.7. The van der Waals surface area contributed by atoms with E-state index < -0.39 is 5.60 Å². The normalized spacial score (nSPS) is 15.9. The first kappa shape index (κ1) is 30.7. The lowest BCUT2D eigenvalue weighted by Gasteiger charge is -2.36. The second-order valence-corrected chi connectivity index (χ2v) is 11.9. The third-order valence-electron chi connectivity index (χ3n) is 7.63. The quantitative estimate of drug-likeness (QED) is 0.227. The molecule has 1 aliphatic rings. The van der Waals surface area contributed by atoms with Gasteiger partial charge in [-0.15, -0.1) is 0 Å². The number of benzene rings is 2. The van der Waals surface area contributed by atoms with Gasteiger partial charge in [-0.3, -0.25) is 4.90 Å². The molecule has 0 saturated carbocycles. The van der Waals surface area contributed by atoms with E-state index in [0.717, 1.165) is 70.7 Å². The van der Waals surface area contributed by atoms with Crippen molar-refractivity contribution in [3.05, 3.63) is 76.8 Å². The molecule has 2 aromatic carbocycles. The monoisotopic (exact) mass is 587 g/mol. The van der Waals surface area contributed by atoms with Gasteiger partial charge in [0, 0.05) is 73.0 Å². The predicted molar refractivity (Wildman–Crippen MR) is 165 cm³/mol. The Balaban J connectivity index is 1.16. The van der Waals surface area contributed by atoms with Crippen LogP contribution >= 0.6 is 23.2 Å². The first-order chi connectivity index (χ1) is 19.3. The summed E-state index contributed by atoms with van der Waals surface area (Å²) in [6.07, 6.45) is 9.76. The van der Waals surface area contributed by atoms with Crippen LogP contribution in [0.25, 0.3) is 0 Å². The van der Waals surface area contributed by atoms with Crippen molar-refractivity contribution in [3.8, 4) is 5.75 Å². The summed E-state index contributed by atoms with van der Waals surface area (Å²) in [7, 11) is 4.26. The summed E-state index contributed by atoms with van der Waals surface area (Å²) in [5.41, 5.74) is 0.869. The third kappa shape index (κ3) is 9.11. The Hall–Kier alpha value is -2.29. The van der Waals surface area contributed by atoms with Crippen LogP contribution in [-0.2, 0) is 12.1 Å². The van der Waals surface area contributed by atoms with Gasteiger partial charge in [-0.1, -0.05) is 48.5 Å². The molecule has 1 aliphatic heterocycles. The Morgan fingerprint density at radius 1 is 0.975 bits per heavy atom. The number of piperazine rings is 1. The highest BCUT2D eigenvalue weighted by molar-refractivity contribution is 6.35. The van der Waals surface area contributed by atoms with Crippen LogP contribution in [0.4, 0.5) is 5.69 Å². The fourth-order valence-electron chi connectivity index (χ4n) is 5.24. The molecule has 1 N–H and O–H groups in total. The highest BCUT2D eigenvalue weighted by Crippen LogP contribution is 2.36. The topological polar surface area (TPSA) is 57.0 Å². The summed E-state index contributed by atoms with van der Waals surface area (Å²) in [6, 6.07) is 13.8. The van der Waals surface area contributed by atoms with Gasteiger partial charge in [0.1, 0.15) is 11.4 Å². The molecule has 9 heteroatoms. The van der Waals surface area contributed by atoms with Crippen molar-refractivity contribution in [2.45, 2.75) is 44.2 Å². The minimum atomic E-state index is -1.10. The number of aliphatic hydroxyl groups is 1. The molecular weight excluding hydrogens is 545 g/mol. The average Bonchev–Trinajstić information content (AvgIpc) is 3.44. The van der Waals surface area contributed by atoms with Crippen molar-refractivity contribution in [3.63, 3.8) is 0 Å². The number of hydrogen-bond acceptors (Lipinski definition) is 6. The van der Waals surface area contributed by atoms with Crippen molar-refractivity contribution in [2.75, 3.05) is 64.9 Å². The van der Waals surface area contributed by atoms with Crippen LogP contribution in [0.1, 0.15) is 37.7 Å². The molecule has 3 aromatic rings. The Morgan fingerprint density at radius 2 is 1.73 bits per heavy atom. The molecule has 1 unspecified atom stereocenters. The van der Waals surface area contributed by atoms with Crippen LogP contribution in [0.5, 0.6) is 5.75 Å². The van der Waals surface area contributed by atoms with Crippen LogP contribution in [0, 0.1) is 0 Å². The number of imidazole rings is 1.